The van der Waals surface area contributed by atoms with E-state index in [1.165, 1.54) is 0 Å². The van der Waals surface area contributed by atoms with Crippen molar-refractivity contribution < 1.29 is 9.53 Å². The highest BCUT2D eigenvalue weighted by molar-refractivity contribution is 8.03. The first-order valence-corrected chi connectivity index (χ1v) is 10.3. The number of hydrogen-bond acceptors (Lipinski definition) is 6. The number of nitrogens with zero attached hydrogens (tertiary/aromatic N) is 3. The number of hydrogen-bond donors (Lipinski definition) is 0. The van der Waals surface area contributed by atoms with Gasteiger partial charge in [-0.1, -0.05) is 6.07 Å². The number of ether oxygens (including phenoxy) is 1. The lowest BCUT2D eigenvalue weighted by Crippen LogP contribution is -2.26. The van der Waals surface area contributed by atoms with Crippen LogP contribution in [0.25, 0.3) is 16.6 Å². The highest BCUT2D eigenvalue weighted by Gasteiger charge is 2.25. The number of carbonyl (C=O) groups is 1. The van der Waals surface area contributed by atoms with Gasteiger partial charge in [0.15, 0.2) is 0 Å². The fourth-order valence-electron chi connectivity index (χ4n) is 2.76. The van der Waals surface area contributed by atoms with Crippen molar-refractivity contribution in [1.29, 1.82) is 0 Å². The molecule has 0 atom stereocenters. The molecule has 3 aromatic rings. The molecular weight excluding hydrogens is 378 g/mol. The maximum atomic E-state index is 12.9. The van der Waals surface area contributed by atoms with Gasteiger partial charge in [-0.3, -0.25) is 9.78 Å². The Morgan fingerprint density at radius 2 is 2.22 bits per heavy atom. The molecule has 4 rings (SSSR count). The zero-order valence-corrected chi connectivity index (χ0v) is 16.3. The third kappa shape index (κ3) is 3.89. The summed E-state index contributed by atoms with van der Waals surface area (Å²) in [6, 6.07) is 11.1. The van der Waals surface area contributed by atoms with Gasteiger partial charge in [-0.05, 0) is 36.4 Å². The molecular formula is C20H17N3O2S2. The molecule has 136 valence electrons. The van der Waals surface area contributed by atoms with Crippen LogP contribution in [0.3, 0.4) is 0 Å². The molecule has 0 radical (unpaired) electrons. The molecule has 0 N–H and O–H groups in total. The largest absolute Gasteiger partial charge is 0.497 e. The second-order valence-corrected chi connectivity index (χ2v) is 7.81. The number of aromatic nitrogens is 2. The summed E-state index contributed by atoms with van der Waals surface area (Å²) in [4.78, 5) is 23.5. The average molecular weight is 396 g/mol. The number of rotatable bonds is 4. The van der Waals surface area contributed by atoms with E-state index < -0.39 is 0 Å². The Hall–Kier alpha value is -2.64. The Morgan fingerprint density at radius 1 is 1.30 bits per heavy atom. The van der Waals surface area contributed by atoms with Gasteiger partial charge in [0, 0.05) is 41.2 Å². The molecule has 1 aromatic carbocycles. The summed E-state index contributed by atoms with van der Waals surface area (Å²) in [6.07, 6.45) is 5.53. The zero-order chi connectivity index (χ0) is 18.6. The summed E-state index contributed by atoms with van der Waals surface area (Å²) in [7, 11) is 1.60. The topological polar surface area (TPSA) is 55.3 Å². The maximum Gasteiger partial charge on any atom is 0.258 e. The first-order valence-electron chi connectivity index (χ1n) is 8.41. The quantitative estimate of drug-likeness (QED) is 0.655. The van der Waals surface area contributed by atoms with Gasteiger partial charge in [-0.25, -0.2) is 4.98 Å². The first-order chi connectivity index (χ1) is 13.2. The minimum absolute atomic E-state index is 0.0205. The van der Waals surface area contributed by atoms with E-state index in [2.05, 4.69) is 9.97 Å². The molecule has 0 saturated carbocycles. The van der Waals surface area contributed by atoms with E-state index in [4.69, 9.17) is 4.74 Å². The van der Waals surface area contributed by atoms with Gasteiger partial charge in [0.2, 0.25) is 0 Å². The molecule has 1 fully saturated rings. The average Bonchev–Trinajstić information content (AvgIpc) is 3.38. The van der Waals surface area contributed by atoms with Gasteiger partial charge < -0.3 is 9.64 Å². The summed E-state index contributed by atoms with van der Waals surface area (Å²) >= 11 is 3.24. The monoisotopic (exact) mass is 395 g/mol. The van der Waals surface area contributed by atoms with E-state index in [1.807, 2.05) is 46.7 Å². The van der Waals surface area contributed by atoms with Crippen LogP contribution in [-0.4, -0.2) is 40.2 Å². The first kappa shape index (κ1) is 17.8. The molecule has 5 nitrogen and oxygen atoms in total. The molecule has 0 aliphatic carbocycles. The maximum absolute atomic E-state index is 12.9. The van der Waals surface area contributed by atoms with E-state index in [9.17, 15) is 4.79 Å². The molecule has 27 heavy (non-hydrogen) atoms. The lowest BCUT2D eigenvalue weighted by atomic mass is 10.2. The fourth-order valence-corrected chi connectivity index (χ4v) is 4.55. The number of amides is 1. The summed E-state index contributed by atoms with van der Waals surface area (Å²) in [5.74, 6) is 1.54. The SMILES string of the molecule is COc1cccc(C(=O)N2CCS/C2=C/c2csc(-c3cccnc3)n2)c1. The van der Waals surface area contributed by atoms with Crippen LogP contribution in [-0.2, 0) is 0 Å². The van der Waals surface area contributed by atoms with Crippen molar-refractivity contribution in [3.63, 3.8) is 0 Å². The van der Waals surface area contributed by atoms with Crippen molar-refractivity contribution in [2.45, 2.75) is 0 Å². The van der Waals surface area contributed by atoms with E-state index in [0.717, 1.165) is 27.0 Å². The van der Waals surface area contributed by atoms with Gasteiger partial charge in [0.1, 0.15) is 10.8 Å². The molecule has 0 unspecified atom stereocenters. The van der Waals surface area contributed by atoms with Gasteiger partial charge in [-0.2, -0.15) is 0 Å². The van der Waals surface area contributed by atoms with Crippen molar-refractivity contribution in [2.75, 3.05) is 19.4 Å². The highest BCUT2D eigenvalue weighted by atomic mass is 32.2. The number of benzene rings is 1. The van der Waals surface area contributed by atoms with Crippen LogP contribution in [0.2, 0.25) is 0 Å². The number of methoxy groups -OCH3 is 1. The molecule has 1 aliphatic heterocycles. The summed E-state index contributed by atoms with van der Waals surface area (Å²) in [5.41, 5.74) is 2.47. The van der Waals surface area contributed by atoms with Crippen LogP contribution in [0.15, 0.2) is 59.2 Å². The van der Waals surface area contributed by atoms with Crippen molar-refractivity contribution in [2.24, 2.45) is 0 Å². The van der Waals surface area contributed by atoms with Crippen molar-refractivity contribution in [3.05, 3.63) is 70.5 Å². The number of pyridine rings is 1. The fraction of sp³-hybridized carbons (Fsp3) is 0.150. The van der Waals surface area contributed by atoms with Crippen LogP contribution in [0.4, 0.5) is 0 Å². The number of thioether (sulfide) groups is 1. The Balaban J connectivity index is 1.58. The van der Waals surface area contributed by atoms with Gasteiger partial charge in [-0.15, -0.1) is 23.1 Å². The van der Waals surface area contributed by atoms with Crippen LogP contribution in [0, 0.1) is 0 Å². The van der Waals surface area contributed by atoms with Crippen LogP contribution in [0.1, 0.15) is 16.1 Å². The summed E-state index contributed by atoms with van der Waals surface area (Å²) in [5, 5.41) is 3.84. The molecule has 1 aliphatic rings. The molecule has 7 heteroatoms. The molecule has 1 saturated heterocycles. The van der Waals surface area contributed by atoms with Crippen molar-refractivity contribution >= 4 is 35.1 Å². The van der Waals surface area contributed by atoms with Gasteiger partial charge >= 0.3 is 0 Å². The normalized spacial score (nSPS) is 15.3. The number of thiazole rings is 1. The van der Waals surface area contributed by atoms with Crippen LogP contribution >= 0.6 is 23.1 Å². The van der Waals surface area contributed by atoms with E-state index in [1.54, 1.807) is 48.7 Å². The molecule has 1 amide bonds. The zero-order valence-electron chi connectivity index (χ0n) is 14.7. The highest BCUT2D eigenvalue weighted by Crippen LogP contribution is 2.32. The lowest BCUT2D eigenvalue weighted by Gasteiger charge is -2.17. The van der Waals surface area contributed by atoms with Gasteiger partial charge in [0.05, 0.1) is 17.8 Å². The van der Waals surface area contributed by atoms with Crippen LogP contribution in [0.5, 0.6) is 5.75 Å². The standard InChI is InChI=1S/C20H17N3O2S2/c1-25-17-6-2-4-14(10-17)20(24)23-8-9-26-18(23)11-16-13-27-19(22-16)15-5-3-7-21-12-15/h2-7,10-13H,8-9H2,1H3/b18-11+. The molecule has 2 aromatic heterocycles. The Labute approximate surface area is 165 Å². The minimum Gasteiger partial charge on any atom is -0.497 e. The molecule has 3 heterocycles. The van der Waals surface area contributed by atoms with Gasteiger partial charge in [0.25, 0.3) is 5.91 Å². The Bertz CT molecular complexity index is 986. The Kier molecular flexibility index (Phi) is 5.22. The third-order valence-corrected chi connectivity index (χ3v) is 6.02. The smallest absolute Gasteiger partial charge is 0.258 e. The van der Waals surface area contributed by atoms with Crippen LogP contribution < -0.4 is 4.74 Å². The van der Waals surface area contributed by atoms with Crippen molar-refractivity contribution in [3.8, 4) is 16.3 Å². The lowest BCUT2D eigenvalue weighted by molar-refractivity contribution is 0.0830. The molecule has 0 spiro atoms. The number of carbonyl (C=O) groups excluding carboxylic acids is 1. The summed E-state index contributed by atoms with van der Waals surface area (Å²) < 4.78 is 5.23. The van der Waals surface area contributed by atoms with E-state index in [0.29, 0.717) is 17.9 Å². The van der Waals surface area contributed by atoms with Crippen molar-refractivity contribution in [1.82, 2.24) is 14.9 Å². The minimum atomic E-state index is -0.0205. The van der Waals surface area contributed by atoms with E-state index in [-0.39, 0.29) is 5.91 Å². The third-order valence-electron chi connectivity index (χ3n) is 4.09. The molecule has 0 bridgehead atoms. The Morgan fingerprint density at radius 3 is 3.04 bits per heavy atom. The summed E-state index contributed by atoms with van der Waals surface area (Å²) in [6.45, 7) is 0.687. The van der Waals surface area contributed by atoms with E-state index >= 15 is 0 Å². The predicted octanol–water partition coefficient (Wildman–Crippen LogP) is 4.40. The predicted molar refractivity (Wildman–Crippen MR) is 110 cm³/mol. The second-order valence-electron chi connectivity index (χ2n) is 5.84. The second kappa shape index (κ2) is 7.94.